The van der Waals surface area contributed by atoms with Gasteiger partial charge in [0.1, 0.15) is 0 Å². The van der Waals surface area contributed by atoms with Gasteiger partial charge in [-0.3, -0.25) is 4.79 Å². The average molecular weight is 319 g/mol. The van der Waals surface area contributed by atoms with Crippen LogP contribution >= 0.6 is 23.1 Å². The van der Waals surface area contributed by atoms with Crippen molar-refractivity contribution in [3.8, 4) is 0 Å². The maximum atomic E-state index is 12.0. The number of nitrogens with zero attached hydrogens (tertiary/aromatic N) is 1. The van der Waals surface area contributed by atoms with Crippen LogP contribution in [0.1, 0.15) is 12.1 Å². The van der Waals surface area contributed by atoms with Gasteiger partial charge in [0.25, 0.3) is 0 Å². The molecule has 1 aliphatic rings. The predicted molar refractivity (Wildman–Crippen MR) is 87.0 cm³/mol. The van der Waals surface area contributed by atoms with Crippen molar-refractivity contribution < 1.29 is 4.79 Å². The molecule has 2 aromatic rings. The van der Waals surface area contributed by atoms with Gasteiger partial charge in [-0.25, -0.2) is 4.98 Å². The Bertz CT molecular complexity index is 618. The third-order valence-corrected chi connectivity index (χ3v) is 5.42. The van der Waals surface area contributed by atoms with E-state index in [1.54, 1.807) is 23.1 Å². The smallest absolute Gasteiger partial charge is 0.228 e. The van der Waals surface area contributed by atoms with E-state index >= 15 is 0 Å². The van der Waals surface area contributed by atoms with Crippen molar-refractivity contribution in [2.75, 3.05) is 18.4 Å². The molecule has 1 atom stereocenters. The van der Waals surface area contributed by atoms with Crippen molar-refractivity contribution in [1.82, 2.24) is 10.3 Å². The number of aryl methyl sites for hydroxylation is 1. The number of hydrogen-bond acceptors (Lipinski definition) is 5. The second-order valence-electron chi connectivity index (χ2n) is 5.06. The summed E-state index contributed by atoms with van der Waals surface area (Å²) in [5, 5.41) is 8.23. The van der Waals surface area contributed by atoms with E-state index in [1.807, 2.05) is 36.6 Å². The predicted octanol–water partition coefficient (Wildman–Crippen LogP) is 3.15. The van der Waals surface area contributed by atoms with Gasteiger partial charge in [-0.05, 0) is 44.2 Å². The third kappa shape index (κ3) is 3.84. The first kappa shape index (κ1) is 14.6. The highest BCUT2D eigenvalue weighted by molar-refractivity contribution is 8.01. The Morgan fingerprint density at radius 3 is 2.86 bits per heavy atom. The zero-order valence-corrected chi connectivity index (χ0v) is 13.4. The number of benzene rings is 1. The van der Waals surface area contributed by atoms with E-state index < -0.39 is 0 Å². The lowest BCUT2D eigenvalue weighted by Gasteiger charge is -2.10. The number of amides is 1. The molecule has 1 aromatic heterocycles. The normalized spacial score (nSPS) is 17.9. The molecule has 1 fully saturated rings. The Morgan fingerprint density at radius 2 is 2.24 bits per heavy atom. The lowest BCUT2D eigenvalue weighted by atomic mass is 10.1. The van der Waals surface area contributed by atoms with Crippen LogP contribution in [0.4, 0.5) is 5.69 Å². The van der Waals surface area contributed by atoms with Crippen LogP contribution in [-0.4, -0.2) is 24.0 Å². The average Bonchev–Trinajstić information content (AvgIpc) is 3.13. The standard InChI is InChI=1S/C15H17N3OS2/c1-10-9-20-15(17-10)21-13-4-2-12(3-5-13)18-14(19)11-6-7-16-8-11/h2-5,9,11,16H,6-8H2,1H3,(H,18,19)/t11-/m0/s1. The fourth-order valence-electron chi connectivity index (χ4n) is 2.21. The Hall–Kier alpha value is -1.37. The van der Waals surface area contributed by atoms with Crippen LogP contribution in [0.3, 0.4) is 0 Å². The van der Waals surface area contributed by atoms with Gasteiger partial charge in [0.05, 0.1) is 5.92 Å². The summed E-state index contributed by atoms with van der Waals surface area (Å²) in [4.78, 5) is 17.6. The molecule has 1 aromatic carbocycles. The van der Waals surface area contributed by atoms with Crippen molar-refractivity contribution in [2.45, 2.75) is 22.6 Å². The van der Waals surface area contributed by atoms with Crippen LogP contribution in [0.2, 0.25) is 0 Å². The minimum Gasteiger partial charge on any atom is -0.326 e. The van der Waals surface area contributed by atoms with Crippen LogP contribution in [0.5, 0.6) is 0 Å². The lowest BCUT2D eigenvalue weighted by Crippen LogP contribution is -2.24. The molecular formula is C15H17N3OS2. The summed E-state index contributed by atoms with van der Waals surface area (Å²) < 4.78 is 1.04. The summed E-state index contributed by atoms with van der Waals surface area (Å²) in [6.07, 6.45) is 0.920. The molecular weight excluding hydrogens is 302 g/mol. The first-order chi connectivity index (χ1) is 10.2. The first-order valence-electron chi connectivity index (χ1n) is 6.92. The van der Waals surface area contributed by atoms with Gasteiger partial charge in [-0.2, -0.15) is 0 Å². The number of hydrogen-bond donors (Lipinski definition) is 2. The fraction of sp³-hybridized carbons (Fsp3) is 0.333. The molecule has 0 unspecified atom stereocenters. The van der Waals surface area contributed by atoms with Crippen molar-refractivity contribution in [2.24, 2.45) is 5.92 Å². The Kier molecular flexibility index (Phi) is 4.57. The van der Waals surface area contributed by atoms with Crippen LogP contribution in [-0.2, 0) is 4.79 Å². The van der Waals surface area contributed by atoms with Crippen LogP contribution < -0.4 is 10.6 Å². The summed E-state index contributed by atoms with van der Waals surface area (Å²) >= 11 is 3.30. The van der Waals surface area contributed by atoms with Crippen LogP contribution in [0.25, 0.3) is 0 Å². The highest BCUT2D eigenvalue weighted by atomic mass is 32.2. The monoisotopic (exact) mass is 319 g/mol. The van der Waals surface area contributed by atoms with Crippen LogP contribution in [0.15, 0.2) is 38.9 Å². The van der Waals surface area contributed by atoms with E-state index in [0.717, 1.165) is 40.1 Å². The van der Waals surface area contributed by atoms with Crippen molar-refractivity contribution >= 4 is 34.7 Å². The fourth-order valence-corrected chi connectivity index (χ4v) is 4.02. The van der Waals surface area contributed by atoms with E-state index in [1.165, 1.54) is 0 Å². The Balaban J connectivity index is 1.59. The molecule has 2 N–H and O–H groups in total. The Labute approximate surface area is 132 Å². The zero-order valence-electron chi connectivity index (χ0n) is 11.8. The van der Waals surface area contributed by atoms with E-state index in [2.05, 4.69) is 15.6 Å². The molecule has 0 radical (unpaired) electrons. The van der Waals surface area contributed by atoms with E-state index in [0.29, 0.717) is 0 Å². The number of thiazole rings is 1. The molecule has 6 heteroatoms. The quantitative estimate of drug-likeness (QED) is 0.909. The number of anilines is 1. The first-order valence-corrected chi connectivity index (χ1v) is 8.62. The summed E-state index contributed by atoms with van der Waals surface area (Å²) in [5.41, 5.74) is 1.91. The maximum absolute atomic E-state index is 12.0. The zero-order chi connectivity index (χ0) is 14.7. The number of aromatic nitrogens is 1. The molecule has 0 spiro atoms. The molecule has 0 aliphatic carbocycles. The summed E-state index contributed by atoms with van der Waals surface area (Å²) in [7, 11) is 0. The van der Waals surface area contributed by atoms with E-state index in [9.17, 15) is 4.79 Å². The third-order valence-electron chi connectivity index (χ3n) is 3.36. The van der Waals surface area contributed by atoms with Gasteiger partial charge < -0.3 is 10.6 Å². The maximum Gasteiger partial charge on any atom is 0.228 e. The summed E-state index contributed by atoms with van der Waals surface area (Å²) in [5.74, 6) is 0.202. The molecule has 2 heterocycles. The van der Waals surface area contributed by atoms with Crippen molar-refractivity contribution in [3.05, 3.63) is 35.3 Å². The highest BCUT2D eigenvalue weighted by Crippen LogP contribution is 2.30. The number of carbonyl (C=O) groups is 1. The molecule has 3 rings (SSSR count). The van der Waals surface area contributed by atoms with Gasteiger partial charge in [0, 0.05) is 28.2 Å². The largest absolute Gasteiger partial charge is 0.326 e. The second kappa shape index (κ2) is 6.60. The molecule has 0 bridgehead atoms. The van der Waals surface area contributed by atoms with Crippen LogP contribution in [0, 0.1) is 12.8 Å². The number of nitrogens with one attached hydrogen (secondary N) is 2. The molecule has 110 valence electrons. The molecule has 21 heavy (non-hydrogen) atoms. The second-order valence-corrected chi connectivity index (χ2v) is 7.24. The number of carbonyl (C=O) groups excluding carboxylic acids is 1. The minimum absolute atomic E-state index is 0.0948. The topological polar surface area (TPSA) is 54.0 Å². The van der Waals surface area contributed by atoms with Crippen molar-refractivity contribution in [3.63, 3.8) is 0 Å². The van der Waals surface area contributed by atoms with Gasteiger partial charge in [-0.15, -0.1) is 11.3 Å². The van der Waals surface area contributed by atoms with Crippen molar-refractivity contribution in [1.29, 1.82) is 0 Å². The van der Waals surface area contributed by atoms with Gasteiger partial charge in [-0.1, -0.05) is 11.8 Å². The molecule has 1 aliphatic heterocycles. The van der Waals surface area contributed by atoms with Gasteiger partial charge >= 0.3 is 0 Å². The minimum atomic E-state index is 0.0948. The summed E-state index contributed by atoms with van der Waals surface area (Å²) in [6.45, 7) is 3.71. The van der Waals surface area contributed by atoms with Gasteiger partial charge in [0.15, 0.2) is 4.34 Å². The van der Waals surface area contributed by atoms with E-state index in [4.69, 9.17) is 0 Å². The summed E-state index contributed by atoms with van der Waals surface area (Å²) in [6, 6.07) is 7.93. The lowest BCUT2D eigenvalue weighted by molar-refractivity contribution is -0.119. The van der Waals surface area contributed by atoms with Gasteiger partial charge in [0.2, 0.25) is 5.91 Å². The SMILES string of the molecule is Cc1csc(Sc2ccc(NC(=O)[C@H]3CCNC3)cc2)n1. The molecule has 1 saturated heterocycles. The molecule has 1 amide bonds. The highest BCUT2D eigenvalue weighted by Gasteiger charge is 2.22. The number of rotatable bonds is 4. The van der Waals surface area contributed by atoms with E-state index in [-0.39, 0.29) is 11.8 Å². The molecule has 0 saturated carbocycles. The Morgan fingerprint density at radius 1 is 1.43 bits per heavy atom. The molecule has 4 nitrogen and oxygen atoms in total.